The van der Waals surface area contributed by atoms with E-state index < -0.39 is 0 Å². The van der Waals surface area contributed by atoms with Gasteiger partial charge in [0.15, 0.2) is 0 Å². The number of carbonyl (C=O) groups is 4. The van der Waals surface area contributed by atoms with Gasteiger partial charge in [-0.1, -0.05) is 37.3 Å². The average molecular weight is 591 g/mol. The first-order valence-corrected chi connectivity index (χ1v) is 9.42. The molecule has 0 fully saturated rings. The van der Waals surface area contributed by atoms with Crippen LogP contribution >= 0.6 is 0 Å². The van der Waals surface area contributed by atoms with E-state index in [1.54, 1.807) is 7.05 Å². The second kappa shape index (κ2) is 23.4. The third kappa shape index (κ3) is 20.1. The predicted octanol–water partition coefficient (Wildman–Crippen LogP) is -4.15. The molecule has 168 valence electrons. The maximum absolute atomic E-state index is 11.8. The van der Waals surface area contributed by atoms with Crippen LogP contribution < -0.4 is 127 Å². The molecule has 0 aromatic heterocycles. The van der Waals surface area contributed by atoms with Crippen LogP contribution in [0.1, 0.15) is 38.3 Å². The van der Waals surface area contributed by atoms with Gasteiger partial charge >= 0.3 is 116 Å². The first-order valence-electron chi connectivity index (χ1n) is 9.42. The Morgan fingerprint density at radius 3 is 2.19 bits per heavy atom. The van der Waals surface area contributed by atoms with Crippen molar-refractivity contribution in [2.24, 2.45) is 0 Å². The van der Waals surface area contributed by atoms with Crippen LogP contribution in [0.5, 0.6) is 0 Å². The minimum absolute atomic E-state index is 0. The van der Waals surface area contributed by atoms with Crippen molar-refractivity contribution >= 4 is 23.6 Å². The molecule has 0 radical (unpaired) electrons. The third-order valence-electron chi connectivity index (χ3n) is 3.79. The number of hydrogen-bond acceptors (Lipinski definition) is 5. The minimum Gasteiger partial charge on any atom is -0.654 e. The van der Waals surface area contributed by atoms with Gasteiger partial charge in [0.05, 0.1) is 18.9 Å². The number of nitrogens with zero attached hydrogens (tertiary/aromatic N) is 2. The van der Waals surface area contributed by atoms with Gasteiger partial charge in [-0.25, -0.2) is 0 Å². The van der Waals surface area contributed by atoms with E-state index in [1.807, 2.05) is 24.3 Å². The van der Waals surface area contributed by atoms with Crippen LogP contribution in [0.2, 0.25) is 0 Å². The predicted molar refractivity (Wildman–Crippen MR) is 115 cm³/mol. The molecule has 0 atom stereocenters. The Labute approximate surface area is 288 Å². The number of nitrogens with one attached hydrogen (secondary N) is 2. The molecule has 1 aromatic carbocycles. The van der Waals surface area contributed by atoms with Crippen molar-refractivity contribution < 1.29 is 140 Å². The number of rotatable bonds is 13. The maximum Gasteiger partial charge on any atom is 1.00 e. The molecule has 32 heavy (non-hydrogen) atoms. The molecular formula is C21H32N4O5Rb2. The molecule has 0 saturated carbocycles. The van der Waals surface area contributed by atoms with Crippen LogP contribution in [0, 0.1) is 0 Å². The molecule has 11 heteroatoms. The normalized spacial score (nSPS) is 9.19. The van der Waals surface area contributed by atoms with Crippen LogP contribution in [-0.4, -0.2) is 57.0 Å². The first-order chi connectivity index (χ1) is 13.9. The summed E-state index contributed by atoms with van der Waals surface area (Å²) in [5.41, 5.74) is 1.68. The Hall–Kier alpha value is 0.670. The molecule has 0 aliphatic rings. The van der Waals surface area contributed by atoms with Crippen LogP contribution in [0.15, 0.2) is 24.3 Å². The molecule has 0 unspecified atom stereocenters. The van der Waals surface area contributed by atoms with Crippen LogP contribution in [0.4, 0.5) is 0 Å². The number of amides is 4. The van der Waals surface area contributed by atoms with Crippen LogP contribution in [0.25, 0.3) is 10.6 Å². The molecule has 2 N–H and O–H groups in total. The number of carbonyl (C=O) groups excluding carboxylic acids is 4. The van der Waals surface area contributed by atoms with Crippen LogP contribution in [-0.2, 0) is 36.9 Å². The maximum atomic E-state index is 11.8. The topological polar surface area (TPSA) is 130 Å². The number of hydrogen-bond donors (Lipinski definition) is 2. The summed E-state index contributed by atoms with van der Waals surface area (Å²) in [6.07, 6.45) is 1.04. The first kappa shape index (κ1) is 37.2. The summed E-state index contributed by atoms with van der Waals surface area (Å²) in [6.45, 7) is 2.55. The van der Waals surface area contributed by atoms with Gasteiger partial charge < -0.3 is 35.6 Å². The van der Waals surface area contributed by atoms with Crippen LogP contribution in [0.3, 0.4) is 0 Å². The fourth-order valence-corrected chi connectivity index (χ4v) is 2.24. The van der Waals surface area contributed by atoms with E-state index in [1.165, 1.54) is 6.92 Å². The summed E-state index contributed by atoms with van der Waals surface area (Å²) in [4.78, 5) is 45.3. The van der Waals surface area contributed by atoms with E-state index in [4.69, 9.17) is 4.74 Å². The molecule has 1 aromatic rings. The molecular weight excluding hydrogens is 559 g/mol. The molecule has 0 spiro atoms. The molecule has 9 nitrogen and oxygen atoms in total. The standard InChI is InChI=1S/C20H30N4O5.CH4.2Rb/c1-15(25)22-9-3-11-29-14-20(28)24-13-17-6-4-16(5-7-17)12-19(27)23-10-8-18(26)21-2;;;/h4-7H,3,8-14H2,1-2H3,(H4,21,22,23,24,25,26,27,28);1H4;;/q;;2*+1/p-2. The quantitative estimate of drug-likeness (QED) is 0.225. The van der Waals surface area contributed by atoms with E-state index in [9.17, 15) is 19.2 Å². The second-order valence-corrected chi connectivity index (χ2v) is 6.28. The van der Waals surface area contributed by atoms with Crippen molar-refractivity contribution in [1.29, 1.82) is 0 Å². The summed E-state index contributed by atoms with van der Waals surface area (Å²) in [7, 11) is 1.55. The smallest absolute Gasteiger partial charge is 0.654 e. The molecule has 4 amide bonds. The van der Waals surface area contributed by atoms with Gasteiger partial charge in [-0.05, 0) is 18.9 Å². The zero-order chi connectivity index (χ0) is 21.5. The number of benzene rings is 1. The summed E-state index contributed by atoms with van der Waals surface area (Å²) in [5, 5.41) is 12.8. The monoisotopic (exact) mass is 590 g/mol. The Morgan fingerprint density at radius 2 is 1.59 bits per heavy atom. The van der Waals surface area contributed by atoms with E-state index in [0.29, 0.717) is 26.1 Å². The zero-order valence-corrected chi connectivity index (χ0v) is 28.7. The van der Waals surface area contributed by atoms with Gasteiger partial charge in [-0.2, -0.15) is 0 Å². The summed E-state index contributed by atoms with van der Waals surface area (Å²) in [6, 6.07) is 7.24. The summed E-state index contributed by atoms with van der Waals surface area (Å²) >= 11 is 0. The summed E-state index contributed by atoms with van der Waals surface area (Å²) < 4.78 is 5.20. The Morgan fingerprint density at radius 1 is 0.969 bits per heavy atom. The van der Waals surface area contributed by atoms with Crippen molar-refractivity contribution in [2.75, 3.05) is 33.4 Å². The van der Waals surface area contributed by atoms with Gasteiger partial charge in [0.1, 0.15) is 0 Å². The van der Waals surface area contributed by atoms with Gasteiger partial charge in [0.25, 0.3) is 0 Å². The fraction of sp³-hybridized carbons (Fsp3) is 0.524. The van der Waals surface area contributed by atoms with E-state index in [2.05, 4.69) is 21.3 Å². The van der Waals surface area contributed by atoms with E-state index >= 15 is 0 Å². The molecule has 0 aliphatic heterocycles. The minimum atomic E-state index is -0.354. The average Bonchev–Trinajstić information content (AvgIpc) is 2.69. The molecule has 0 heterocycles. The van der Waals surface area contributed by atoms with E-state index in [-0.39, 0.29) is 173 Å². The third-order valence-corrected chi connectivity index (χ3v) is 3.79. The van der Waals surface area contributed by atoms with Gasteiger partial charge in [0, 0.05) is 32.5 Å². The van der Waals surface area contributed by atoms with Gasteiger partial charge in [-0.3, -0.25) is 9.59 Å². The fourth-order valence-electron chi connectivity index (χ4n) is 2.24. The SMILES string of the molecule is C.CNC(=O)CCNC(=O)Cc1ccc(C[N-]C(=O)COCCC[N-]C(C)=O)cc1.[Rb+].[Rb+]. The molecule has 0 aliphatic carbocycles. The molecule has 0 saturated heterocycles. The van der Waals surface area contributed by atoms with Crippen molar-refractivity contribution in [1.82, 2.24) is 10.6 Å². The van der Waals surface area contributed by atoms with Crippen molar-refractivity contribution in [3.05, 3.63) is 46.0 Å². The van der Waals surface area contributed by atoms with Gasteiger partial charge in [0.2, 0.25) is 11.8 Å². The zero-order valence-electron chi connectivity index (χ0n) is 18.9. The van der Waals surface area contributed by atoms with Crippen molar-refractivity contribution in [2.45, 2.75) is 40.2 Å². The molecule has 1 rings (SSSR count). The summed E-state index contributed by atoms with van der Waals surface area (Å²) in [5.74, 6) is -0.853. The molecule has 0 bridgehead atoms. The van der Waals surface area contributed by atoms with E-state index in [0.717, 1.165) is 11.1 Å². The Balaban J connectivity index is -0.00000280. The van der Waals surface area contributed by atoms with Crippen molar-refractivity contribution in [3.8, 4) is 0 Å². The van der Waals surface area contributed by atoms with Gasteiger partial charge in [-0.15, -0.1) is 13.1 Å². The largest absolute Gasteiger partial charge is 1.00 e. The Kier molecular flexibility index (Phi) is 27.2. The number of ether oxygens (including phenoxy) is 1. The van der Waals surface area contributed by atoms with Crippen molar-refractivity contribution in [3.63, 3.8) is 0 Å². The second-order valence-electron chi connectivity index (χ2n) is 6.28. The Bertz CT molecular complexity index is 687.